The van der Waals surface area contributed by atoms with Crippen molar-refractivity contribution in [1.29, 1.82) is 0 Å². The van der Waals surface area contributed by atoms with E-state index in [0.717, 1.165) is 12.2 Å². The number of fused-ring (bicyclic) bond motifs is 1. The van der Waals surface area contributed by atoms with Crippen molar-refractivity contribution in [2.75, 3.05) is 19.0 Å². The van der Waals surface area contributed by atoms with Crippen LogP contribution in [-0.2, 0) is 4.74 Å². The van der Waals surface area contributed by atoms with Crippen molar-refractivity contribution in [3.63, 3.8) is 0 Å². The Balaban J connectivity index is 1.91. The minimum atomic E-state index is -1.09. The van der Waals surface area contributed by atoms with E-state index < -0.39 is 24.4 Å². The normalized spacial score (nSPS) is 26.6. The molecule has 2 aromatic heterocycles. The molecule has 0 spiro atoms. The first-order valence-corrected chi connectivity index (χ1v) is 9.43. The molecular formula is C14H20ClN5O4S. The molecule has 9 nitrogen and oxygen atoms in total. The highest BCUT2D eigenvalue weighted by molar-refractivity contribution is 7.99. The van der Waals surface area contributed by atoms with Gasteiger partial charge in [0, 0.05) is 12.2 Å². The largest absolute Gasteiger partial charge is 0.394 e. The van der Waals surface area contributed by atoms with Crippen molar-refractivity contribution >= 4 is 34.5 Å². The number of aromatic nitrogens is 5. The lowest BCUT2D eigenvalue weighted by molar-refractivity contribution is -0.0629. The smallest absolute Gasteiger partial charge is 0.191 e. The van der Waals surface area contributed by atoms with Gasteiger partial charge in [-0.15, -0.1) is 5.10 Å². The van der Waals surface area contributed by atoms with Crippen molar-refractivity contribution in [1.82, 2.24) is 25.0 Å². The van der Waals surface area contributed by atoms with Crippen LogP contribution in [0.3, 0.4) is 0 Å². The number of rotatable bonds is 7. The SMILES string of the molecule is CCCSc1nc(Cl)c2nnn([C@@H]3C[C@H](OCCO)C(O)C3O)c2n1. The Hall–Kier alpha value is -1.04. The number of aliphatic hydroxyl groups excluding tert-OH is 3. The van der Waals surface area contributed by atoms with Gasteiger partial charge in [0.05, 0.1) is 25.4 Å². The van der Waals surface area contributed by atoms with Gasteiger partial charge in [-0.25, -0.2) is 14.6 Å². The molecule has 0 saturated heterocycles. The zero-order valence-electron chi connectivity index (χ0n) is 13.6. The van der Waals surface area contributed by atoms with Crippen LogP contribution in [0.5, 0.6) is 0 Å². The van der Waals surface area contributed by atoms with Gasteiger partial charge >= 0.3 is 0 Å². The summed E-state index contributed by atoms with van der Waals surface area (Å²) in [7, 11) is 0. The fraction of sp³-hybridized carbons (Fsp3) is 0.714. The molecule has 11 heteroatoms. The Morgan fingerprint density at radius 3 is 2.84 bits per heavy atom. The van der Waals surface area contributed by atoms with Gasteiger partial charge in [-0.3, -0.25) is 0 Å². The summed E-state index contributed by atoms with van der Waals surface area (Å²) in [6, 6.07) is -0.557. The maximum absolute atomic E-state index is 10.4. The molecule has 4 atom stereocenters. The van der Waals surface area contributed by atoms with Gasteiger partial charge < -0.3 is 20.1 Å². The predicted molar refractivity (Wildman–Crippen MR) is 91.6 cm³/mol. The Labute approximate surface area is 153 Å². The number of hydrogen-bond donors (Lipinski definition) is 3. The van der Waals surface area contributed by atoms with Crippen molar-refractivity contribution in [2.24, 2.45) is 0 Å². The molecule has 138 valence electrons. The number of thioether (sulfide) groups is 1. The molecule has 2 aromatic rings. The molecule has 0 aliphatic heterocycles. The van der Waals surface area contributed by atoms with Crippen molar-refractivity contribution in [2.45, 2.75) is 49.3 Å². The van der Waals surface area contributed by atoms with Crippen molar-refractivity contribution in [3.05, 3.63) is 5.15 Å². The van der Waals surface area contributed by atoms with Gasteiger partial charge in [-0.05, 0) is 6.42 Å². The average molecular weight is 390 g/mol. The molecule has 0 bridgehead atoms. The molecule has 3 N–H and O–H groups in total. The highest BCUT2D eigenvalue weighted by atomic mass is 35.5. The molecule has 0 radical (unpaired) electrons. The molecule has 1 saturated carbocycles. The molecule has 0 amide bonds. The summed E-state index contributed by atoms with van der Waals surface area (Å²) >= 11 is 7.66. The van der Waals surface area contributed by atoms with Gasteiger partial charge in [0.1, 0.15) is 12.2 Å². The molecule has 1 fully saturated rings. The molecule has 1 aliphatic rings. The number of aliphatic hydroxyl groups is 3. The van der Waals surface area contributed by atoms with E-state index in [9.17, 15) is 10.2 Å². The standard InChI is InChI=1S/C14H20ClN5O4S/c1-2-5-25-14-16-12(15)9-13(17-14)20(19-18-9)7-6-8(24-4-3-21)11(23)10(7)22/h7-8,10-11,21-23H,2-6H2,1H3/t7-,8+,10?,11?/m1/s1. The van der Waals surface area contributed by atoms with Gasteiger partial charge in [0.2, 0.25) is 0 Å². The molecule has 2 heterocycles. The van der Waals surface area contributed by atoms with E-state index in [-0.39, 0.29) is 18.4 Å². The predicted octanol–water partition coefficient (Wildman–Crippen LogP) is 0.421. The maximum Gasteiger partial charge on any atom is 0.191 e. The van der Waals surface area contributed by atoms with Gasteiger partial charge in [0.15, 0.2) is 21.5 Å². The molecule has 0 aromatic carbocycles. The summed E-state index contributed by atoms with van der Waals surface area (Å²) in [5, 5.41) is 38.2. The maximum atomic E-state index is 10.4. The van der Waals surface area contributed by atoms with Crippen LogP contribution in [0.2, 0.25) is 5.15 Å². The first-order chi connectivity index (χ1) is 12.1. The zero-order chi connectivity index (χ0) is 18.0. The van der Waals surface area contributed by atoms with Crippen molar-refractivity contribution in [3.8, 4) is 0 Å². The van der Waals surface area contributed by atoms with E-state index in [0.29, 0.717) is 22.7 Å². The molecule has 3 rings (SSSR count). The second kappa shape index (κ2) is 8.11. The fourth-order valence-corrected chi connectivity index (χ4v) is 3.79. The lowest BCUT2D eigenvalue weighted by atomic mass is 10.2. The van der Waals surface area contributed by atoms with E-state index in [4.69, 9.17) is 21.4 Å². The zero-order valence-corrected chi connectivity index (χ0v) is 15.2. The Morgan fingerprint density at radius 1 is 1.32 bits per heavy atom. The van der Waals surface area contributed by atoms with Crippen LogP contribution >= 0.6 is 23.4 Å². The van der Waals surface area contributed by atoms with E-state index >= 15 is 0 Å². The average Bonchev–Trinajstić information content (AvgIpc) is 3.14. The van der Waals surface area contributed by atoms with E-state index in [1.54, 1.807) is 0 Å². The van der Waals surface area contributed by atoms with Crippen LogP contribution in [0, 0.1) is 0 Å². The van der Waals surface area contributed by atoms with Gasteiger partial charge in [-0.2, -0.15) is 0 Å². The summed E-state index contributed by atoms with van der Waals surface area (Å²) in [6.45, 7) is 1.99. The third kappa shape index (κ3) is 3.74. The summed E-state index contributed by atoms with van der Waals surface area (Å²) in [4.78, 5) is 8.66. The van der Waals surface area contributed by atoms with Crippen LogP contribution < -0.4 is 0 Å². The van der Waals surface area contributed by atoms with Crippen LogP contribution in [0.25, 0.3) is 11.2 Å². The molecule has 2 unspecified atom stereocenters. The summed E-state index contributed by atoms with van der Waals surface area (Å²) in [5.74, 6) is 0.852. The van der Waals surface area contributed by atoms with Crippen LogP contribution in [0.4, 0.5) is 0 Å². The number of hydrogen-bond acceptors (Lipinski definition) is 9. The number of ether oxygens (including phenoxy) is 1. The minimum Gasteiger partial charge on any atom is -0.394 e. The molecule has 1 aliphatic carbocycles. The van der Waals surface area contributed by atoms with Crippen molar-refractivity contribution < 1.29 is 20.1 Å². The van der Waals surface area contributed by atoms with E-state index in [1.165, 1.54) is 16.4 Å². The first kappa shape index (κ1) is 18.7. The fourth-order valence-electron chi connectivity index (χ4n) is 2.84. The molecule has 25 heavy (non-hydrogen) atoms. The molecular weight excluding hydrogens is 370 g/mol. The Bertz CT molecular complexity index is 733. The lowest BCUT2D eigenvalue weighted by Crippen LogP contribution is -2.33. The van der Waals surface area contributed by atoms with E-state index in [1.807, 2.05) is 0 Å². The number of halogens is 1. The topological polar surface area (TPSA) is 126 Å². The Kier molecular flexibility index (Phi) is 6.08. The van der Waals surface area contributed by atoms with Crippen LogP contribution in [-0.4, -0.2) is 77.6 Å². The third-order valence-electron chi connectivity index (χ3n) is 4.03. The highest BCUT2D eigenvalue weighted by Gasteiger charge is 2.44. The van der Waals surface area contributed by atoms with Crippen LogP contribution in [0.1, 0.15) is 25.8 Å². The first-order valence-electron chi connectivity index (χ1n) is 8.06. The summed E-state index contributed by atoms with van der Waals surface area (Å²) < 4.78 is 6.86. The second-order valence-corrected chi connectivity index (χ2v) is 7.19. The van der Waals surface area contributed by atoms with E-state index in [2.05, 4.69) is 27.2 Å². The highest BCUT2D eigenvalue weighted by Crippen LogP contribution is 2.34. The minimum absolute atomic E-state index is 0.0884. The monoisotopic (exact) mass is 389 g/mol. The van der Waals surface area contributed by atoms with Crippen LogP contribution in [0.15, 0.2) is 5.16 Å². The lowest BCUT2D eigenvalue weighted by Gasteiger charge is -2.17. The van der Waals surface area contributed by atoms with Gasteiger partial charge in [0.25, 0.3) is 0 Å². The Morgan fingerprint density at radius 2 is 2.12 bits per heavy atom. The quantitative estimate of drug-likeness (QED) is 0.350. The summed E-state index contributed by atoms with van der Waals surface area (Å²) in [6.07, 6.45) is -1.48. The van der Waals surface area contributed by atoms with Gasteiger partial charge in [-0.1, -0.05) is 35.5 Å². The second-order valence-electron chi connectivity index (χ2n) is 5.77. The third-order valence-corrected chi connectivity index (χ3v) is 5.35. The number of nitrogens with zero attached hydrogens (tertiary/aromatic N) is 5. The summed E-state index contributed by atoms with van der Waals surface area (Å²) in [5.41, 5.74) is 0.765.